The lowest BCUT2D eigenvalue weighted by molar-refractivity contribution is -0.131. The van der Waals surface area contributed by atoms with E-state index in [9.17, 15) is 18.3 Å². The summed E-state index contributed by atoms with van der Waals surface area (Å²) in [6, 6.07) is 40.5. The van der Waals surface area contributed by atoms with Crippen LogP contribution in [0, 0.1) is 20.8 Å². The van der Waals surface area contributed by atoms with Gasteiger partial charge in [-0.15, -0.1) is 0 Å². The first kappa shape index (κ1) is 36.2. The van der Waals surface area contributed by atoms with Gasteiger partial charge in [0.05, 0.1) is 16.8 Å². The zero-order chi connectivity index (χ0) is 35.0. The molecule has 0 unspecified atom stereocenters. The average Bonchev–Trinajstić information content (AvgIpc) is 3.10. The summed E-state index contributed by atoms with van der Waals surface area (Å²) in [6.45, 7) is 7.68. The van der Waals surface area contributed by atoms with Gasteiger partial charge in [0.25, 0.3) is 0 Å². The number of aryl methyl sites for hydroxylation is 3. The lowest BCUT2D eigenvalue weighted by atomic mass is 10.0. The molecule has 0 saturated heterocycles. The highest BCUT2D eigenvalue weighted by molar-refractivity contribution is 8.14. The molecular formula is C41H43NO5S2. The first-order valence-electron chi connectivity index (χ1n) is 16.3. The first-order chi connectivity index (χ1) is 23.6. The van der Waals surface area contributed by atoms with Gasteiger partial charge in [-0.2, -0.15) is 4.31 Å². The summed E-state index contributed by atoms with van der Waals surface area (Å²) in [7, 11) is -4.06. The minimum atomic E-state index is -4.06. The van der Waals surface area contributed by atoms with Crippen molar-refractivity contribution < 1.29 is 23.1 Å². The molecule has 5 aromatic carbocycles. The highest BCUT2D eigenvalue weighted by Crippen LogP contribution is 2.41. The third-order valence-electron chi connectivity index (χ3n) is 8.55. The number of benzene rings is 5. The van der Waals surface area contributed by atoms with E-state index in [-0.39, 0.29) is 18.0 Å². The molecule has 5 aromatic rings. The van der Waals surface area contributed by atoms with Gasteiger partial charge >= 0.3 is 0 Å². The fourth-order valence-corrected chi connectivity index (χ4v) is 9.55. The fraction of sp³-hybridized carbons (Fsp3) is 0.244. The van der Waals surface area contributed by atoms with E-state index >= 15 is 0 Å². The van der Waals surface area contributed by atoms with Crippen molar-refractivity contribution in [3.63, 3.8) is 0 Å². The molecule has 254 valence electrons. The molecule has 0 saturated carbocycles. The average molecular weight is 694 g/mol. The molecule has 5 rings (SSSR count). The summed E-state index contributed by atoms with van der Waals surface area (Å²) in [4.78, 5) is 14.7. The summed E-state index contributed by atoms with van der Waals surface area (Å²) >= 11 is 1.00. The second-order valence-electron chi connectivity index (χ2n) is 12.3. The number of hydrogen-bond acceptors (Lipinski definition) is 6. The Morgan fingerprint density at radius 3 is 1.73 bits per heavy atom. The Balaban J connectivity index is 1.56. The predicted molar refractivity (Wildman–Crippen MR) is 197 cm³/mol. The second-order valence-corrected chi connectivity index (χ2v) is 15.3. The zero-order valence-corrected chi connectivity index (χ0v) is 29.9. The molecule has 6 nitrogen and oxygen atoms in total. The molecule has 0 aliphatic carbocycles. The quantitative estimate of drug-likeness (QED) is 0.126. The zero-order valence-electron chi connectivity index (χ0n) is 28.3. The van der Waals surface area contributed by atoms with E-state index < -0.39 is 38.6 Å². The Labute approximate surface area is 294 Å². The highest BCUT2D eigenvalue weighted by Gasteiger charge is 2.39. The molecular weight excluding hydrogens is 651 g/mol. The maximum Gasteiger partial charge on any atom is 0.244 e. The Morgan fingerprint density at radius 1 is 0.735 bits per heavy atom. The Kier molecular flexibility index (Phi) is 12.3. The van der Waals surface area contributed by atoms with Crippen molar-refractivity contribution in [2.75, 3.05) is 0 Å². The molecule has 8 heteroatoms. The number of sulfonamides is 1. The van der Waals surface area contributed by atoms with E-state index in [0.717, 1.165) is 34.0 Å². The molecule has 0 aromatic heterocycles. The van der Waals surface area contributed by atoms with Crippen LogP contribution in [0.1, 0.15) is 57.2 Å². The molecule has 0 spiro atoms. The van der Waals surface area contributed by atoms with Gasteiger partial charge in [0.2, 0.25) is 15.1 Å². The Hall–Kier alpha value is -4.05. The summed E-state index contributed by atoms with van der Waals surface area (Å²) in [5.41, 5.74) is 5.35. The van der Waals surface area contributed by atoms with E-state index in [0.29, 0.717) is 16.7 Å². The van der Waals surface area contributed by atoms with E-state index in [1.54, 1.807) is 24.3 Å². The summed E-state index contributed by atoms with van der Waals surface area (Å²) in [5.74, 6) is 0. The van der Waals surface area contributed by atoms with Crippen molar-refractivity contribution in [3.8, 4) is 0 Å². The summed E-state index contributed by atoms with van der Waals surface area (Å²) in [5, 5.41) is 10.5. The highest BCUT2D eigenvalue weighted by atomic mass is 32.2. The Bertz CT molecular complexity index is 1900. The van der Waals surface area contributed by atoms with Gasteiger partial charge in [0.1, 0.15) is 6.10 Å². The van der Waals surface area contributed by atoms with E-state index in [4.69, 9.17) is 4.74 Å². The van der Waals surface area contributed by atoms with Crippen LogP contribution in [0.25, 0.3) is 0 Å². The molecule has 0 amide bonds. The van der Waals surface area contributed by atoms with Crippen LogP contribution < -0.4 is 0 Å². The molecule has 0 aliphatic rings. The molecule has 0 fully saturated rings. The maximum absolute atomic E-state index is 14.8. The van der Waals surface area contributed by atoms with Gasteiger partial charge < -0.3 is 9.84 Å². The van der Waals surface area contributed by atoms with Gasteiger partial charge in [0, 0.05) is 12.6 Å². The van der Waals surface area contributed by atoms with Crippen LogP contribution in [0.2, 0.25) is 0 Å². The van der Waals surface area contributed by atoms with E-state index in [1.807, 2.05) is 137 Å². The number of thioether (sulfide) groups is 1. The van der Waals surface area contributed by atoms with Crippen molar-refractivity contribution in [2.45, 2.75) is 69.2 Å². The minimum absolute atomic E-state index is 0.107. The number of aliphatic hydroxyl groups is 1. The number of rotatable bonds is 14. The van der Waals surface area contributed by atoms with Crippen molar-refractivity contribution in [1.29, 1.82) is 0 Å². The van der Waals surface area contributed by atoms with Gasteiger partial charge in [-0.25, -0.2) is 8.42 Å². The van der Waals surface area contributed by atoms with Crippen molar-refractivity contribution in [1.82, 2.24) is 4.31 Å². The summed E-state index contributed by atoms with van der Waals surface area (Å²) < 4.78 is 37.3. The molecule has 0 radical (unpaired) electrons. The van der Waals surface area contributed by atoms with Crippen LogP contribution in [0.15, 0.2) is 138 Å². The molecule has 0 bridgehead atoms. The monoisotopic (exact) mass is 693 g/mol. The van der Waals surface area contributed by atoms with Crippen LogP contribution in [-0.2, 0) is 32.7 Å². The third-order valence-corrected chi connectivity index (χ3v) is 12.2. The largest absolute Gasteiger partial charge is 0.385 e. The van der Waals surface area contributed by atoms with Gasteiger partial charge in [-0.3, -0.25) is 4.79 Å². The normalized spacial score (nSPS) is 14.2. The van der Waals surface area contributed by atoms with Gasteiger partial charge in [0.15, 0.2) is 6.10 Å². The van der Waals surface area contributed by atoms with Crippen molar-refractivity contribution in [3.05, 3.63) is 172 Å². The van der Waals surface area contributed by atoms with Crippen LogP contribution in [-0.4, -0.2) is 35.1 Å². The Morgan fingerprint density at radius 2 is 1.20 bits per heavy atom. The minimum Gasteiger partial charge on any atom is -0.385 e. The first-order valence-corrected chi connectivity index (χ1v) is 18.7. The predicted octanol–water partition coefficient (Wildman–Crippen LogP) is 8.51. The maximum atomic E-state index is 14.8. The third kappa shape index (κ3) is 8.95. The van der Waals surface area contributed by atoms with Gasteiger partial charge in [-0.1, -0.05) is 151 Å². The SMILES string of the molecule is Cc1cc(C)c(S(=O)(=O)N(Cc2ccccc2)[C@H](C)[C@@H](SC(=O)[C@@H](OCc2ccccc2)[C@H](O)c2ccccc2)c2ccccc2)c(C)c1. The topological polar surface area (TPSA) is 83.9 Å². The number of carbonyl (C=O) groups excluding carboxylic acids is 1. The molecule has 0 aliphatic heterocycles. The molecule has 0 heterocycles. The van der Waals surface area contributed by atoms with Crippen LogP contribution in [0.3, 0.4) is 0 Å². The van der Waals surface area contributed by atoms with E-state index in [2.05, 4.69) is 0 Å². The van der Waals surface area contributed by atoms with Crippen LogP contribution >= 0.6 is 11.8 Å². The number of nitrogens with zero attached hydrogens (tertiary/aromatic N) is 1. The smallest absolute Gasteiger partial charge is 0.244 e. The molecule has 4 atom stereocenters. The van der Waals surface area contributed by atoms with E-state index in [1.165, 1.54) is 4.31 Å². The number of carbonyl (C=O) groups is 1. The second kappa shape index (κ2) is 16.6. The number of hydrogen-bond donors (Lipinski definition) is 1. The van der Waals surface area contributed by atoms with Gasteiger partial charge in [-0.05, 0) is 61.1 Å². The number of aliphatic hydroxyl groups excluding tert-OH is 1. The number of ether oxygens (including phenoxy) is 1. The van der Waals surface area contributed by atoms with Crippen molar-refractivity contribution >= 4 is 26.9 Å². The molecule has 1 N–H and O–H groups in total. The van der Waals surface area contributed by atoms with Crippen LogP contribution in [0.5, 0.6) is 0 Å². The lowest BCUT2D eigenvalue weighted by Crippen LogP contribution is -2.42. The van der Waals surface area contributed by atoms with Crippen molar-refractivity contribution in [2.24, 2.45) is 0 Å². The standard InChI is InChI=1S/C41H43NO5S2/c1-29-25-30(2)40(31(3)26-29)49(45,46)42(27-33-17-9-5-10-18-33)32(4)39(36-23-15-8-16-24-36)48-41(44)38(37(43)35-21-13-7-14-22-35)47-28-34-19-11-6-12-20-34/h5-26,32,37-39,43H,27-28H2,1-4H3/t32-,37-,38+,39-/m1/s1. The van der Waals surface area contributed by atoms with Crippen LogP contribution in [0.4, 0.5) is 0 Å². The molecule has 49 heavy (non-hydrogen) atoms. The lowest BCUT2D eigenvalue weighted by Gasteiger charge is -2.35. The summed E-state index contributed by atoms with van der Waals surface area (Å²) in [6.07, 6.45) is -2.45. The fourth-order valence-electron chi connectivity index (χ4n) is 6.21.